The number of nitrogens with zero attached hydrogens (tertiary/aromatic N) is 2. The molecular formula is C20H20N2O3S. The van der Waals surface area contributed by atoms with Crippen molar-refractivity contribution in [3.63, 3.8) is 0 Å². The lowest BCUT2D eigenvalue weighted by molar-refractivity contribution is -0.139. The van der Waals surface area contributed by atoms with Crippen molar-refractivity contribution in [2.45, 2.75) is 25.9 Å². The summed E-state index contributed by atoms with van der Waals surface area (Å²) in [5, 5.41) is 1.04. The number of hydrogen-bond donors (Lipinski definition) is 0. The second kappa shape index (κ2) is 7.74. The molecule has 0 fully saturated rings. The summed E-state index contributed by atoms with van der Waals surface area (Å²) in [6.45, 7) is 6.02. The van der Waals surface area contributed by atoms with E-state index in [-0.39, 0.29) is 17.3 Å². The molecule has 3 rings (SSSR count). The molecule has 6 heteroatoms. The van der Waals surface area contributed by atoms with Crippen LogP contribution in [-0.4, -0.2) is 27.9 Å². The smallest absolute Gasteiger partial charge is 0.316 e. The van der Waals surface area contributed by atoms with Crippen LogP contribution in [0, 0.1) is 13.8 Å². The largest absolute Gasteiger partial charge is 0.465 e. The fraction of sp³-hybridized carbons (Fsp3) is 0.250. The van der Waals surface area contributed by atoms with Gasteiger partial charge in [0.25, 0.3) is 5.56 Å². The number of thioether (sulfide) groups is 1. The first kappa shape index (κ1) is 18.2. The summed E-state index contributed by atoms with van der Waals surface area (Å²) >= 11 is 1.21. The van der Waals surface area contributed by atoms with E-state index in [1.54, 1.807) is 23.6 Å². The molecule has 26 heavy (non-hydrogen) atoms. The van der Waals surface area contributed by atoms with Crippen molar-refractivity contribution >= 4 is 28.6 Å². The molecule has 0 aliphatic heterocycles. The van der Waals surface area contributed by atoms with E-state index < -0.39 is 0 Å². The van der Waals surface area contributed by atoms with E-state index in [4.69, 9.17) is 4.74 Å². The van der Waals surface area contributed by atoms with Gasteiger partial charge in [-0.15, -0.1) is 0 Å². The van der Waals surface area contributed by atoms with Crippen LogP contribution in [0.15, 0.2) is 52.4 Å². The molecule has 0 atom stereocenters. The highest BCUT2D eigenvalue weighted by atomic mass is 32.2. The van der Waals surface area contributed by atoms with Gasteiger partial charge in [0.15, 0.2) is 5.16 Å². The molecule has 1 heterocycles. The molecule has 0 unspecified atom stereocenters. The summed E-state index contributed by atoms with van der Waals surface area (Å²) in [7, 11) is 0. The van der Waals surface area contributed by atoms with Crippen LogP contribution in [0.1, 0.15) is 18.1 Å². The summed E-state index contributed by atoms with van der Waals surface area (Å²) in [5.41, 5.74) is 3.23. The number of carbonyl (C=O) groups excluding carboxylic acids is 1. The van der Waals surface area contributed by atoms with Crippen LogP contribution in [0.2, 0.25) is 0 Å². The van der Waals surface area contributed by atoms with Gasteiger partial charge in [-0.25, -0.2) is 4.98 Å². The van der Waals surface area contributed by atoms with Crippen LogP contribution < -0.4 is 5.56 Å². The van der Waals surface area contributed by atoms with E-state index in [1.165, 1.54) is 11.8 Å². The van der Waals surface area contributed by atoms with E-state index in [9.17, 15) is 9.59 Å². The maximum atomic E-state index is 13.2. The second-order valence-corrected chi connectivity index (χ2v) is 6.83. The first-order valence-electron chi connectivity index (χ1n) is 8.39. The molecule has 134 valence electrons. The summed E-state index contributed by atoms with van der Waals surface area (Å²) < 4.78 is 6.61. The van der Waals surface area contributed by atoms with Gasteiger partial charge in [-0.2, -0.15) is 0 Å². The van der Waals surface area contributed by atoms with E-state index >= 15 is 0 Å². The lowest BCUT2D eigenvalue weighted by Gasteiger charge is -2.17. The van der Waals surface area contributed by atoms with Crippen LogP contribution in [0.25, 0.3) is 16.6 Å². The monoisotopic (exact) mass is 368 g/mol. The summed E-state index contributed by atoms with van der Waals surface area (Å²) in [6.07, 6.45) is 0. The highest BCUT2D eigenvalue weighted by Gasteiger charge is 2.17. The van der Waals surface area contributed by atoms with Crippen LogP contribution in [-0.2, 0) is 9.53 Å². The average molecular weight is 368 g/mol. The maximum absolute atomic E-state index is 13.2. The molecule has 0 amide bonds. The zero-order valence-corrected chi connectivity index (χ0v) is 15.8. The summed E-state index contributed by atoms with van der Waals surface area (Å²) in [5.74, 6) is -0.225. The van der Waals surface area contributed by atoms with Gasteiger partial charge >= 0.3 is 5.97 Å². The summed E-state index contributed by atoms with van der Waals surface area (Å²) in [6, 6.07) is 13.1. The number of carbonyl (C=O) groups is 1. The highest BCUT2D eigenvalue weighted by molar-refractivity contribution is 7.99. The molecule has 5 nitrogen and oxygen atoms in total. The maximum Gasteiger partial charge on any atom is 0.316 e. The highest BCUT2D eigenvalue weighted by Crippen LogP contribution is 2.25. The topological polar surface area (TPSA) is 61.2 Å². The van der Waals surface area contributed by atoms with Gasteiger partial charge in [-0.1, -0.05) is 42.1 Å². The van der Waals surface area contributed by atoms with Gasteiger partial charge in [0.2, 0.25) is 0 Å². The van der Waals surface area contributed by atoms with Crippen molar-refractivity contribution in [2.24, 2.45) is 0 Å². The van der Waals surface area contributed by atoms with E-state index in [0.29, 0.717) is 22.7 Å². The predicted octanol–water partition coefficient (Wildman–Crippen LogP) is 3.66. The number of fused-ring (bicyclic) bond motifs is 1. The minimum absolute atomic E-state index is 0.101. The third-order valence-electron chi connectivity index (χ3n) is 4.03. The molecule has 0 spiro atoms. The number of ether oxygens (including phenoxy) is 1. The normalized spacial score (nSPS) is 10.9. The third kappa shape index (κ3) is 3.51. The Hall–Kier alpha value is -2.60. The Morgan fingerprint density at radius 2 is 1.81 bits per heavy atom. The minimum Gasteiger partial charge on any atom is -0.465 e. The van der Waals surface area contributed by atoms with Crippen molar-refractivity contribution < 1.29 is 9.53 Å². The lowest BCUT2D eigenvalue weighted by Crippen LogP contribution is -2.23. The molecule has 0 radical (unpaired) electrons. The lowest BCUT2D eigenvalue weighted by atomic mass is 10.1. The molecule has 3 aromatic rings. The van der Waals surface area contributed by atoms with Crippen molar-refractivity contribution in [1.82, 2.24) is 9.55 Å². The average Bonchev–Trinajstić information content (AvgIpc) is 2.62. The number of para-hydroxylation sites is 2. The summed E-state index contributed by atoms with van der Waals surface area (Å²) in [4.78, 5) is 29.7. The molecule has 1 aromatic heterocycles. The molecule has 0 bridgehead atoms. The standard InChI is InChI=1S/C20H20N2O3S/c1-4-25-17(23)12-26-20-21-16-11-6-5-10-15(16)19(24)22(20)18-13(2)8-7-9-14(18)3/h5-11H,4,12H2,1-3H3. The number of hydrogen-bond acceptors (Lipinski definition) is 5. The van der Waals surface area contributed by atoms with Crippen LogP contribution in [0.3, 0.4) is 0 Å². The van der Waals surface area contributed by atoms with Gasteiger partial charge in [0.05, 0.1) is 29.0 Å². The number of aryl methyl sites for hydroxylation is 2. The molecule has 2 aromatic carbocycles. The minimum atomic E-state index is -0.326. The van der Waals surface area contributed by atoms with Gasteiger partial charge in [-0.05, 0) is 44.0 Å². The van der Waals surface area contributed by atoms with Gasteiger partial charge in [-0.3, -0.25) is 14.2 Å². The Bertz CT molecular complexity index is 1010. The van der Waals surface area contributed by atoms with Crippen molar-refractivity contribution in [1.29, 1.82) is 0 Å². The van der Waals surface area contributed by atoms with E-state index in [1.807, 2.05) is 44.2 Å². The SMILES string of the molecule is CCOC(=O)CSc1nc2ccccc2c(=O)n1-c1c(C)cccc1C. The number of esters is 1. The molecule has 0 N–H and O–H groups in total. The Kier molecular flexibility index (Phi) is 5.42. The zero-order valence-electron chi connectivity index (χ0n) is 15.0. The quantitative estimate of drug-likeness (QED) is 0.391. The fourth-order valence-electron chi connectivity index (χ4n) is 2.89. The van der Waals surface area contributed by atoms with Gasteiger partial charge < -0.3 is 4.74 Å². The molecular weight excluding hydrogens is 348 g/mol. The Balaban J connectivity index is 2.21. The van der Waals surface area contributed by atoms with Crippen molar-refractivity contribution in [3.05, 3.63) is 63.9 Å². The Morgan fingerprint density at radius 3 is 2.50 bits per heavy atom. The molecule has 0 saturated carbocycles. The Labute approximate surface area is 156 Å². The third-order valence-corrected chi connectivity index (χ3v) is 4.94. The molecule has 0 aliphatic rings. The Morgan fingerprint density at radius 1 is 1.12 bits per heavy atom. The van der Waals surface area contributed by atoms with Crippen LogP contribution in [0.4, 0.5) is 0 Å². The van der Waals surface area contributed by atoms with Gasteiger partial charge in [0.1, 0.15) is 0 Å². The fourth-order valence-corrected chi connectivity index (χ4v) is 3.69. The number of rotatable bonds is 5. The van der Waals surface area contributed by atoms with Crippen molar-refractivity contribution in [3.8, 4) is 5.69 Å². The second-order valence-electron chi connectivity index (χ2n) is 5.89. The first-order chi connectivity index (χ1) is 12.5. The van der Waals surface area contributed by atoms with E-state index in [2.05, 4.69) is 4.98 Å². The predicted molar refractivity (Wildman–Crippen MR) is 104 cm³/mol. The zero-order chi connectivity index (χ0) is 18.7. The van der Waals surface area contributed by atoms with E-state index in [0.717, 1.165) is 16.8 Å². The number of aromatic nitrogens is 2. The number of benzene rings is 2. The van der Waals surface area contributed by atoms with Gasteiger partial charge in [0, 0.05) is 0 Å². The van der Waals surface area contributed by atoms with Crippen LogP contribution >= 0.6 is 11.8 Å². The molecule has 0 saturated heterocycles. The molecule has 0 aliphatic carbocycles. The van der Waals surface area contributed by atoms with Crippen LogP contribution in [0.5, 0.6) is 0 Å². The van der Waals surface area contributed by atoms with Crippen molar-refractivity contribution in [2.75, 3.05) is 12.4 Å². The first-order valence-corrected chi connectivity index (χ1v) is 9.38.